The Morgan fingerprint density at radius 2 is 1.95 bits per heavy atom. The number of carbonyl (C=O) groups is 1. The number of hydrogen-bond donors (Lipinski definition) is 1. The minimum atomic E-state index is 0.0347. The lowest BCUT2D eigenvalue weighted by Crippen LogP contribution is -2.63. The van der Waals surface area contributed by atoms with Crippen LogP contribution in [0.3, 0.4) is 0 Å². The van der Waals surface area contributed by atoms with Gasteiger partial charge in [-0.2, -0.15) is 0 Å². The molecule has 4 nitrogen and oxygen atoms in total. The van der Waals surface area contributed by atoms with Crippen LogP contribution >= 0.6 is 0 Å². The van der Waals surface area contributed by atoms with Gasteiger partial charge in [-0.15, -0.1) is 0 Å². The van der Waals surface area contributed by atoms with Crippen LogP contribution < -0.4 is 5.73 Å². The maximum atomic E-state index is 13.0. The number of rotatable bonds is 1. The molecule has 114 valence electrons. The van der Waals surface area contributed by atoms with Crippen molar-refractivity contribution in [1.29, 1.82) is 0 Å². The topological polar surface area (TPSA) is 49.6 Å². The number of anilines is 1. The lowest BCUT2D eigenvalue weighted by Gasteiger charge is -2.52. The van der Waals surface area contributed by atoms with E-state index in [1.807, 2.05) is 18.2 Å². The van der Waals surface area contributed by atoms with Crippen LogP contribution in [0.1, 0.15) is 42.5 Å². The fraction of sp³-hybridized carbons (Fsp3) is 0.588. The lowest BCUT2D eigenvalue weighted by molar-refractivity contribution is -0.00777. The van der Waals surface area contributed by atoms with E-state index < -0.39 is 0 Å². The molecule has 2 aliphatic rings. The van der Waals surface area contributed by atoms with Gasteiger partial charge in [-0.3, -0.25) is 4.79 Å². The van der Waals surface area contributed by atoms with E-state index >= 15 is 0 Å². The molecule has 0 aromatic heterocycles. The Kier molecular flexibility index (Phi) is 3.89. The highest BCUT2D eigenvalue weighted by atomic mass is 16.2. The van der Waals surface area contributed by atoms with E-state index in [4.69, 9.17) is 5.73 Å². The van der Waals surface area contributed by atoms with Crippen molar-refractivity contribution in [2.75, 3.05) is 32.4 Å². The largest absolute Gasteiger partial charge is 0.399 e. The zero-order valence-corrected chi connectivity index (χ0v) is 12.8. The maximum absolute atomic E-state index is 13.0. The van der Waals surface area contributed by atoms with Crippen LogP contribution in [0, 0.1) is 0 Å². The lowest BCUT2D eigenvalue weighted by atomic mass is 9.78. The van der Waals surface area contributed by atoms with Crippen LogP contribution in [0.4, 0.5) is 5.69 Å². The van der Waals surface area contributed by atoms with Gasteiger partial charge in [0.1, 0.15) is 0 Å². The van der Waals surface area contributed by atoms with Crippen LogP contribution in [-0.2, 0) is 0 Å². The summed E-state index contributed by atoms with van der Waals surface area (Å²) in [6.45, 7) is 2.78. The number of nitrogens with two attached hydrogens (primary N) is 1. The molecule has 1 aliphatic heterocycles. The Morgan fingerprint density at radius 3 is 2.67 bits per heavy atom. The molecule has 0 unspecified atom stereocenters. The van der Waals surface area contributed by atoms with Gasteiger partial charge >= 0.3 is 0 Å². The van der Waals surface area contributed by atoms with E-state index in [-0.39, 0.29) is 11.4 Å². The van der Waals surface area contributed by atoms with E-state index in [2.05, 4.69) is 16.8 Å². The molecule has 1 spiro atoms. The van der Waals surface area contributed by atoms with Crippen molar-refractivity contribution in [2.24, 2.45) is 0 Å². The summed E-state index contributed by atoms with van der Waals surface area (Å²) < 4.78 is 0. The summed E-state index contributed by atoms with van der Waals surface area (Å²) in [5, 5.41) is 0. The molecule has 0 atom stereocenters. The second-order valence-corrected chi connectivity index (χ2v) is 6.61. The van der Waals surface area contributed by atoms with Gasteiger partial charge in [0.2, 0.25) is 0 Å². The quantitative estimate of drug-likeness (QED) is 0.807. The summed E-state index contributed by atoms with van der Waals surface area (Å²) in [5.41, 5.74) is 7.26. The highest BCUT2D eigenvalue weighted by molar-refractivity contribution is 5.95. The Bertz CT molecular complexity index is 523. The van der Waals surface area contributed by atoms with E-state index in [0.717, 1.165) is 38.0 Å². The predicted octanol–water partition coefficient (Wildman–Crippen LogP) is 2.36. The fourth-order valence-corrected chi connectivity index (χ4v) is 3.96. The van der Waals surface area contributed by atoms with E-state index in [0.29, 0.717) is 5.69 Å². The molecule has 1 saturated carbocycles. The van der Waals surface area contributed by atoms with E-state index in [9.17, 15) is 4.79 Å². The molecule has 21 heavy (non-hydrogen) atoms. The molecule has 1 heterocycles. The first kappa shape index (κ1) is 14.4. The van der Waals surface area contributed by atoms with E-state index in [1.165, 1.54) is 19.3 Å². The zero-order chi connectivity index (χ0) is 14.9. The van der Waals surface area contributed by atoms with Crippen LogP contribution in [0.5, 0.6) is 0 Å². The molecule has 3 rings (SSSR count). The summed E-state index contributed by atoms with van der Waals surface area (Å²) in [7, 11) is 2.17. The third kappa shape index (κ3) is 2.77. The van der Waals surface area contributed by atoms with Crippen molar-refractivity contribution in [3.05, 3.63) is 29.8 Å². The van der Waals surface area contributed by atoms with Crippen molar-refractivity contribution < 1.29 is 4.79 Å². The Morgan fingerprint density at radius 1 is 1.19 bits per heavy atom. The number of amides is 1. The first-order chi connectivity index (χ1) is 10.1. The summed E-state index contributed by atoms with van der Waals surface area (Å²) in [6, 6.07) is 7.38. The summed E-state index contributed by atoms with van der Waals surface area (Å²) in [6.07, 6.45) is 6.02. The fourth-order valence-electron chi connectivity index (χ4n) is 3.96. The average Bonchev–Trinajstić information content (AvgIpc) is 2.47. The maximum Gasteiger partial charge on any atom is 0.254 e. The van der Waals surface area contributed by atoms with Crippen molar-refractivity contribution in [1.82, 2.24) is 9.80 Å². The third-order valence-corrected chi connectivity index (χ3v) is 5.01. The first-order valence-electron chi connectivity index (χ1n) is 7.97. The summed E-state index contributed by atoms with van der Waals surface area (Å²) >= 11 is 0. The van der Waals surface area contributed by atoms with Gasteiger partial charge in [0.05, 0.1) is 5.54 Å². The van der Waals surface area contributed by atoms with Crippen molar-refractivity contribution >= 4 is 11.6 Å². The molecule has 1 saturated heterocycles. The molecule has 1 amide bonds. The Labute approximate surface area is 126 Å². The van der Waals surface area contributed by atoms with Crippen LogP contribution in [-0.4, -0.2) is 47.9 Å². The van der Waals surface area contributed by atoms with Gasteiger partial charge in [0.15, 0.2) is 0 Å². The second-order valence-electron chi connectivity index (χ2n) is 6.61. The summed E-state index contributed by atoms with van der Waals surface area (Å²) in [5.74, 6) is 0.150. The summed E-state index contributed by atoms with van der Waals surface area (Å²) in [4.78, 5) is 17.5. The van der Waals surface area contributed by atoms with Gasteiger partial charge in [0, 0.05) is 30.9 Å². The molecule has 0 bridgehead atoms. The monoisotopic (exact) mass is 287 g/mol. The van der Waals surface area contributed by atoms with Crippen molar-refractivity contribution in [3.63, 3.8) is 0 Å². The minimum absolute atomic E-state index is 0.0347. The molecule has 2 fully saturated rings. The number of piperazine rings is 1. The van der Waals surface area contributed by atoms with Gasteiger partial charge in [-0.1, -0.05) is 25.3 Å². The van der Waals surface area contributed by atoms with Gasteiger partial charge < -0.3 is 15.5 Å². The van der Waals surface area contributed by atoms with E-state index in [1.54, 1.807) is 6.07 Å². The third-order valence-electron chi connectivity index (χ3n) is 5.01. The number of benzene rings is 1. The number of nitrogens with zero attached hydrogens (tertiary/aromatic N) is 2. The predicted molar refractivity (Wildman–Crippen MR) is 85.2 cm³/mol. The molecule has 1 aliphatic carbocycles. The SMILES string of the molecule is CN1CCN(C(=O)c2cccc(N)c2)C2(CCCCC2)C1. The molecular formula is C17H25N3O. The first-order valence-corrected chi connectivity index (χ1v) is 7.97. The van der Waals surface area contributed by atoms with Crippen molar-refractivity contribution in [3.8, 4) is 0 Å². The van der Waals surface area contributed by atoms with Gasteiger partial charge in [-0.05, 0) is 38.1 Å². The van der Waals surface area contributed by atoms with Crippen molar-refractivity contribution in [2.45, 2.75) is 37.6 Å². The van der Waals surface area contributed by atoms with Crippen LogP contribution in [0.15, 0.2) is 24.3 Å². The van der Waals surface area contributed by atoms with Gasteiger partial charge in [0.25, 0.3) is 5.91 Å². The smallest absolute Gasteiger partial charge is 0.254 e. The molecular weight excluding hydrogens is 262 g/mol. The van der Waals surface area contributed by atoms with Crippen LogP contribution in [0.25, 0.3) is 0 Å². The molecule has 1 aromatic carbocycles. The van der Waals surface area contributed by atoms with Gasteiger partial charge in [-0.25, -0.2) is 0 Å². The average molecular weight is 287 g/mol. The second kappa shape index (κ2) is 5.68. The highest BCUT2D eigenvalue weighted by Gasteiger charge is 2.43. The molecule has 2 N–H and O–H groups in total. The highest BCUT2D eigenvalue weighted by Crippen LogP contribution is 2.37. The molecule has 4 heteroatoms. The Balaban J connectivity index is 1.89. The zero-order valence-electron chi connectivity index (χ0n) is 12.8. The normalized spacial score (nSPS) is 22.4. The standard InChI is InChI=1S/C17H25N3O/c1-19-10-11-20(17(13-19)8-3-2-4-9-17)16(21)14-6-5-7-15(18)12-14/h5-7,12H,2-4,8-11,13,18H2,1H3. The Hall–Kier alpha value is -1.55. The number of likely N-dealkylation sites (N-methyl/N-ethyl adjacent to an activating group) is 1. The number of carbonyl (C=O) groups excluding carboxylic acids is 1. The van der Waals surface area contributed by atoms with Crippen LogP contribution in [0.2, 0.25) is 0 Å². The minimum Gasteiger partial charge on any atom is -0.399 e. The molecule has 0 radical (unpaired) electrons. The number of hydrogen-bond acceptors (Lipinski definition) is 3. The molecule has 1 aromatic rings. The number of nitrogen functional groups attached to an aromatic ring is 1.